The summed E-state index contributed by atoms with van der Waals surface area (Å²) in [7, 11) is 0. The van der Waals surface area contributed by atoms with Gasteiger partial charge in [0.2, 0.25) is 23.6 Å². The SMILES string of the molecule is CC(NCCCCCCCCCCCCCCCCNC(C)C(=O)N1C=CC(C(N)=O)=CC1)C(=O)N1C=CC(C(N)=O)=CC1. The standard InChI is InChI=1S/C34H56N6O4/c1-27(33(43)39-23-17-29(18-24-39)31(35)41)37-21-15-13-11-9-7-5-3-4-6-8-10-12-14-16-22-38-28(2)34(44)40-25-19-30(20-26-40)32(36)42/h17-20,23,25,27-28,37-38H,3-16,21-22,24,26H2,1-2H3,(H2,35,41)(H2,36,42). The van der Waals surface area contributed by atoms with Crippen LogP contribution in [-0.4, -0.2) is 71.7 Å². The summed E-state index contributed by atoms with van der Waals surface area (Å²) in [5.74, 6) is -0.940. The summed E-state index contributed by atoms with van der Waals surface area (Å²) in [5, 5.41) is 6.64. The smallest absolute Gasteiger partial charge is 0.248 e. The van der Waals surface area contributed by atoms with Gasteiger partial charge in [-0.3, -0.25) is 19.2 Å². The maximum absolute atomic E-state index is 12.5. The molecule has 4 amide bonds. The van der Waals surface area contributed by atoms with Gasteiger partial charge in [0.1, 0.15) is 0 Å². The summed E-state index contributed by atoms with van der Waals surface area (Å²) in [5.41, 5.74) is 11.4. The molecule has 44 heavy (non-hydrogen) atoms. The molecule has 0 aliphatic carbocycles. The molecule has 10 heteroatoms. The third-order valence-corrected chi connectivity index (χ3v) is 8.26. The fourth-order valence-corrected chi connectivity index (χ4v) is 5.36. The van der Waals surface area contributed by atoms with Crippen LogP contribution < -0.4 is 22.1 Å². The lowest BCUT2D eigenvalue weighted by Crippen LogP contribution is -2.43. The molecular formula is C34H56N6O4. The van der Waals surface area contributed by atoms with Crippen molar-refractivity contribution in [2.75, 3.05) is 26.2 Å². The molecule has 2 heterocycles. The Kier molecular flexibility index (Phi) is 18.0. The normalized spacial score (nSPS) is 16.0. The first-order valence-corrected chi connectivity index (χ1v) is 16.6. The van der Waals surface area contributed by atoms with Crippen LogP contribution in [0.1, 0.15) is 104 Å². The number of nitrogens with two attached hydrogens (primary N) is 2. The fourth-order valence-electron chi connectivity index (χ4n) is 5.36. The second-order valence-corrected chi connectivity index (χ2v) is 12.0. The highest BCUT2D eigenvalue weighted by atomic mass is 16.2. The molecule has 2 unspecified atom stereocenters. The second-order valence-electron chi connectivity index (χ2n) is 12.0. The van der Waals surface area contributed by atoms with Crippen LogP contribution in [0.25, 0.3) is 0 Å². The van der Waals surface area contributed by atoms with Crippen LogP contribution >= 0.6 is 0 Å². The van der Waals surface area contributed by atoms with Gasteiger partial charge in [0, 0.05) is 36.6 Å². The first-order chi connectivity index (χ1) is 21.2. The highest BCUT2D eigenvalue weighted by Gasteiger charge is 2.21. The van der Waals surface area contributed by atoms with Gasteiger partial charge in [0.25, 0.3) is 0 Å². The molecule has 2 aliphatic rings. The lowest BCUT2D eigenvalue weighted by molar-refractivity contribution is -0.130. The van der Waals surface area contributed by atoms with Crippen molar-refractivity contribution in [1.82, 2.24) is 20.4 Å². The maximum Gasteiger partial charge on any atom is 0.248 e. The van der Waals surface area contributed by atoms with E-state index in [4.69, 9.17) is 11.5 Å². The summed E-state index contributed by atoms with van der Waals surface area (Å²) in [6.07, 6.45) is 27.2. The first-order valence-electron chi connectivity index (χ1n) is 16.6. The molecular weight excluding hydrogens is 556 g/mol. The molecule has 246 valence electrons. The van der Waals surface area contributed by atoms with Gasteiger partial charge in [-0.05, 0) is 51.9 Å². The predicted octanol–water partition coefficient (Wildman–Crippen LogP) is 3.94. The number of hydrogen-bond donors (Lipinski definition) is 4. The third-order valence-electron chi connectivity index (χ3n) is 8.26. The third kappa shape index (κ3) is 14.5. The van der Waals surface area contributed by atoms with Crippen LogP contribution in [0.4, 0.5) is 0 Å². The van der Waals surface area contributed by atoms with E-state index in [0.717, 1.165) is 25.9 Å². The van der Waals surface area contributed by atoms with Crippen molar-refractivity contribution in [2.45, 2.75) is 116 Å². The Bertz CT molecular complexity index is 968. The summed E-state index contributed by atoms with van der Waals surface area (Å²) >= 11 is 0. The van der Waals surface area contributed by atoms with Crippen molar-refractivity contribution in [3.8, 4) is 0 Å². The monoisotopic (exact) mass is 612 g/mol. The number of carbonyl (C=O) groups excluding carboxylic acids is 4. The molecule has 0 bridgehead atoms. The van der Waals surface area contributed by atoms with Crippen molar-refractivity contribution in [1.29, 1.82) is 0 Å². The Balaban J connectivity index is 1.32. The van der Waals surface area contributed by atoms with E-state index in [2.05, 4.69) is 10.6 Å². The summed E-state index contributed by atoms with van der Waals surface area (Å²) < 4.78 is 0. The van der Waals surface area contributed by atoms with Crippen LogP contribution in [0.2, 0.25) is 0 Å². The number of rotatable bonds is 23. The Morgan fingerprint density at radius 1 is 0.591 bits per heavy atom. The van der Waals surface area contributed by atoms with Crippen molar-refractivity contribution in [2.24, 2.45) is 11.5 Å². The molecule has 0 saturated heterocycles. The van der Waals surface area contributed by atoms with Gasteiger partial charge in [-0.1, -0.05) is 89.2 Å². The highest BCUT2D eigenvalue weighted by molar-refractivity contribution is 5.96. The molecule has 0 aromatic carbocycles. The quantitative estimate of drug-likeness (QED) is 0.128. The average Bonchev–Trinajstić information content (AvgIpc) is 3.03. The number of hydrogen-bond acceptors (Lipinski definition) is 6. The molecule has 0 fully saturated rings. The van der Waals surface area contributed by atoms with Crippen molar-refractivity contribution >= 4 is 23.6 Å². The topological polar surface area (TPSA) is 151 Å². The van der Waals surface area contributed by atoms with Gasteiger partial charge in [-0.15, -0.1) is 0 Å². The van der Waals surface area contributed by atoms with Gasteiger partial charge < -0.3 is 31.9 Å². The van der Waals surface area contributed by atoms with Crippen LogP contribution in [-0.2, 0) is 19.2 Å². The lowest BCUT2D eigenvalue weighted by Gasteiger charge is -2.24. The molecule has 2 atom stereocenters. The Morgan fingerprint density at radius 2 is 0.886 bits per heavy atom. The van der Waals surface area contributed by atoms with Gasteiger partial charge in [0.15, 0.2) is 0 Å². The molecule has 0 aromatic heterocycles. The molecule has 6 N–H and O–H groups in total. The number of nitrogens with zero attached hydrogens (tertiary/aromatic N) is 2. The molecule has 10 nitrogen and oxygen atoms in total. The Labute approximate surface area is 264 Å². The van der Waals surface area contributed by atoms with E-state index in [0.29, 0.717) is 24.2 Å². The Morgan fingerprint density at radius 3 is 1.14 bits per heavy atom. The highest BCUT2D eigenvalue weighted by Crippen LogP contribution is 2.14. The minimum Gasteiger partial charge on any atom is -0.366 e. The van der Waals surface area contributed by atoms with Crippen LogP contribution in [0, 0.1) is 0 Å². The van der Waals surface area contributed by atoms with Crippen molar-refractivity contribution in [3.05, 3.63) is 47.9 Å². The van der Waals surface area contributed by atoms with E-state index in [-0.39, 0.29) is 23.9 Å². The summed E-state index contributed by atoms with van der Waals surface area (Å²) in [4.78, 5) is 50.6. The number of primary amides is 2. The molecule has 0 aromatic rings. The van der Waals surface area contributed by atoms with Crippen LogP contribution in [0.15, 0.2) is 47.9 Å². The number of nitrogens with one attached hydrogen (secondary N) is 2. The zero-order valence-corrected chi connectivity index (χ0v) is 27.0. The number of unbranched alkanes of at least 4 members (excludes halogenated alkanes) is 13. The lowest BCUT2D eigenvalue weighted by atomic mass is 10.0. The molecule has 2 aliphatic heterocycles. The van der Waals surface area contributed by atoms with Crippen LogP contribution in [0.5, 0.6) is 0 Å². The minimum atomic E-state index is -0.472. The Hall–Kier alpha value is -3.24. The van der Waals surface area contributed by atoms with Gasteiger partial charge >= 0.3 is 0 Å². The number of carbonyl (C=O) groups is 4. The predicted molar refractivity (Wildman–Crippen MR) is 176 cm³/mol. The first kappa shape index (κ1) is 36.9. The van der Waals surface area contributed by atoms with E-state index in [1.807, 2.05) is 13.8 Å². The van der Waals surface area contributed by atoms with E-state index < -0.39 is 11.8 Å². The molecule has 2 rings (SSSR count). The molecule has 0 radical (unpaired) electrons. The summed E-state index contributed by atoms with van der Waals surface area (Å²) in [6.45, 7) is 6.18. The van der Waals surface area contributed by atoms with E-state index in [1.165, 1.54) is 77.0 Å². The summed E-state index contributed by atoms with van der Waals surface area (Å²) in [6, 6.07) is -0.511. The maximum atomic E-state index is 12.5. The van der Waals surface area contributed by atoms with Crippen molar-refractivity contribution in [3.63, 3.8) is 0 Å². The minimum absolute atomic E-state index is 0.00195. The van der Waals surface area contributed by atoms with Gasteiger partial charge in [-0.2, -0.15) is 0 Å². The van der Waals surface area contributed by atoms with Gasteiger partial charge in [0.05, 0.1) is 12.1 Å². The van der Waals surface area contributed by atoms with Gasteiger partial charge in [-0.25, -0.2) is 0 Å². The van der Waals surface area contributed by atoms with Crippen molar-refractivity contribution < 1.29 is 19.2 Å². The second kappa shape index (κ2) is 21.5. The fraction of sp³-hybridized carbons (Fsp3) is 0.647. The number of amides is 4. The largest absolute Gasteiger partial charge is 0.366 e. The molecule has 0 spiro atoms. The average molecular weight is 613 g/mol. The van der Waals surface area contributed by atoms with E-state index >= 15 is 0 Å². The zero-order valence-electron chi connectivity index (χ0n) is 27.0. The van der Waals surface area contributed by atoms with E-state index in [1.54, 1.807) is 46.5 Å². The van der Waals surface area contributed by atoms with E-state index in [9.17, 15) is 19.2 Å². The molecule has 0 saturated carbocycles. The zero-order chi connectivity index (χ0) is 32.2. The van der Waals surface area contributed by atoms with Crippen LogP contribution in [0.3, 0.4) is 0 Å².